The number of thiophene rings is 1. The van der Waals surface area contributed by atoms with Gasteiger partial charge in [-0.1, -0.05) is 0 Å². The van der Waals surface area contributed by atoms with E-state index in [1.165, 1.54) is 36.8 Å². The van der Waals surface area contributed by atoms with Crippen LogP contribution in [0.1, 0.15) is 16.2 Å². The van der Waals surface area contributed by atoms with Crippen molar-refractivity contribution in [3.05, 3.63) is 61.5 Å². The lowest BCUT2D eigenvalue weighted by Crippen LogP contribution is -2.32. The molecular formula is C18H16N4O7S. The average molecular weight is 432 g/mol. The standard InChI is InChI=1S/C18H16N4O7S/c1-29-7-6-13-20-16-15(12(9-30-16)18(25)26)17(24)21(13)8-14(23)19-10-2-4-11(5-3-10)22(27)28/h2-5,9H,6-8H2,1H3,(H,19,23)(H,25,26). The predicted molar refractivity (Wildman–Crippen MR) is 108 cm³/mol. The Hall–Kier alpha value is -3.64. The minimum atomic E-state index is -1.26. The maximum atomic E-state index is 13.0. The average Bonchev–Trinajstić information content (AvgIpc) is 3.13. The summed E-state index contributed by atoms with van der Waals surface area (Å²) < 4.78 is 6.14. The summed E-state index contributed by atoms with van der Waals surface area (Å²) in [5.41, 5.74) is -0.619. The number of nitrogens with zero attached hydrogens (tertiary/aromatic N) is 3. The molecule has 3 aromatic rings. The topological polar surface area (TPSA) is 154 Å². The fourth-order valence-electron chi connectivity index (χ4n) is 2.78. The SMILES string of the molecule is COCCc1nc2scc(C(=O)O)c2c(=O)n1CC(=O)Nc1ccc([N+](=O)[O-])cc1. The van der Waals surface area contributed by atoms with Gasteiger partial charge in [0.25, 0.3) is 11.2 Å². The molecule has 1 aromatic carbocycles. The minimum Gasteiger partial charge on any atom is -0.478 e. The second kappa shape index (κ2) is 8.80. The van der Waals surface area contributed by atoms with Crippen LogP contribution in [0, 0.1) is 10.1 Å². The molecule has 30 heavy (non-hydrogen) atoms. The van der Waals surface area contributed by atoms with Crippen LogP contribution in [0.3, 0.4) is 0 Å². The number of aromatic carboxylic acids is 1. The van der Waals surface area contributed by atoms with E-state index >= 15 is 0 Å². The Bertz CT molecular complexity index is 1180. The first kappa shape index (κ1) is 21.1. The summed E-state index contributed by atoms with van der Waals surface area (Å²) in [4.78, 5) is 51.7. The van der Waals surface area contributed by atoms with E-state index in [9.17, 15) is 29.6 Å². The third-order valence-corrected chi connectivity index (χ3v) is 5.07. The summed E-state index contributed by atoms with van der Waals surface area (Å²) in [6, 6.07) is 5.22. The Morgan fingerprint density at radius 1 is 1.33 bits per heavy atom. The van der Waals surface area contributed by atoms with Gasteiger partial charge in [-0.2, -0.15) is 0 Å². The number of hydrogen-bond donors (Lipinski definition) is 2. The van der Waals surface area contributed by atoms with E-state index < -0.39 is 28.9 Å². The number of carboxylic acid groups (broad SMARTS) is 1. The molecule has 1 amide bonds. The quantitative estimate of drug-likeness (QED) is 0.404. The molecule has 0 fully saturated rings. The van der Waals surface area contributed by atoms with Crippen LogP contribution in [-0.4, -0.2) is 45.2 Å². The van der Waals surface area contributed by atoms with E-state index in [4.69, 9.17) is 4.74 Å². The number of carboxylic acids is 1. The number of ether oxygens (including phenoxy) is 1. The van der Waals surface area contributed by atoms with Gasteiger partial charge in [-0.25, -0.2) is 9.78 Å². The van der Waals surface area contributed by atoms with Crippen molar-refractivity contribution >= 4 is 44.8 Å². The van der Waals surface area contributed by atoms with Crippen molar-refractivity contribution in [2.75, 3.05) is 19.0 Å². The van der Waals surface area contributed by atoms with Crippen LogP contribution in [-0.2, 0) is 22.5 Å². The number of carbonyl (C=O) groups excluding carboxylic acids is 1. The lowest BCUT2D eigenvalue weighted by molar-refractivity contribution is -0.384. The molecule has 2 aromatic heterocycles. The molecule has 0 unspecified atom stereocenters. The van der Waals surface area contributed by atoms with E-state index in [0.717, 1.165) is 15.9 Å². The van der Waals surface area contributed by atoms with Gasteiger partial charge in [0.2, 0.25) is 5.91 Å². The number of aromatic nitrogens is 2. The highest BCUT2D eigenvalue weighted by molar-refractivity contribution is 7.17. The van der Waals surface area contributed by atoms with Crippen molar-refractivity contribution in [2.24, 2.45) is 0 Å². The third-order valence-electron chi connectivity index (χ3n) is 4.20. The number of hydrogen-bond acceptors (Lipinski definition) is 8. The number of anilines is 1. The summed E-state index contributed by atoms with van der Waals surface area (Å²) in [7, 11) is 1.48. The number of non-ortho nitro benzene ring substituents is 1. The van der Waals surface area contributed by atoms with Gasteiger partial charge in [-0.15, -0.1) is 11.3 Å². The van der Waals surface area contributed by atoms with Crippen molar-refractivity contribution < 1.29 is 24.4 Å². The molecule has 0 bridgehead atoms. The summed E-state index contributed by atoms with van der Waals surface area (Å²) in [6.45, 7) is -0.161. The van der Waals surface area contributed by atoms with E-state index in [0.29, 0.717) is 5.69 Å². The second-order valence-electron chi connectivity index (χ2n) is 6.15. The van der Waals surface area contributed by atoms with Crippen LogP contribution in [0.5, 0.6) is 0 Å². The molecule has 0 aliphatic rings. The number of nitro benzene ring substituents is 1. The van der Waals surface area contributed by atoms with E-state index in [1.54, 1.807) is 0 Å². The summed E-state index contributed by atoms with van der Waals surface area (Å²) in [6.07, 6.45) is 0.243. The van der Waals surface area contributed by atoms with Crippen LogP contribution in [0.4, 0.5) is 11.4 Å². The van der Waals surface area contributed by atoms with Gasteiger partial charge in [-0.05, 0) is 12.1 Å². The predicted octanol–water partition coefficient (Wildman–Crippen LogP) is 1.89. The van der Waals surface area contributed by atoms with Gasteiger partial charge in [-0.3, -0.25) is 24.3 Å². The van der Waals surface area contributed by atoms with E-state index in [1.807, 2.05) is 0 Å². The summed E-state index contributed by atoms with van der Waals surface area (Å²) in [5.74, 6) is -1.54. The van der Waals surface area contributed by atoms with Gasteiger partial charge < -0.3 is 15.2 Å². The lowest BCUT2D eigenvalue weighted by atomic mass is 10.2. The molecule has 12 heteroatoms. The van der Waals surface area contributed by atoms with Gasteiger partial charge in [0.05, 0.1) is 22.5 Å². The number of nitrogens with one attached hydrogen (secondary N) is 1. The van der Waals surface area contributed by atoms with Crippen molar-refractivity contribution in [3.63, 3.8) is 0 Å². The zero-order chi connectivity index (χ0) is 21.8. The second-order valence-corrected chi connectivity index (χ2v) is 7.01. The maximum absolute atomic E-state index is 13.0. The zero-order valence-corrected chi connectivity index (χ0v) is 16.5. The zero-order valence-electron chi connectivity index (χ0n) is 15.7. The number of rotatable bonds is 8. The number of fused-ring (bicyclic) bond motifs is 1. The number of benzene rings is 1. The molecule has 0 aliphatic heterocycles. The monoisotopic (exact) mass is 432 g/mol. The molecule has 0 atom stereocenters. The first-order chi connectivity index (χ1) is 14.3. The van der Waals surface area contributed by atoms with Gasteiger partial charge >= 0.3 is 5.97 Å². The number of methoxy groups -OCH3 is 1. The largest absolute Gasteiger partial charge is 0.478 e. The molecule has 0 saturated carbocycles. The van der Waals surface area contributed by atoms with Crippen molar-refractivity contribution in [1.29, 1.82) is 0 Å². The van der Waals surface area contributed by atoms with Crippen molar-refractivity contribution in [3.8, 4) is 0 Å². The van der Waals surface area contributed by atoms with Crippen LogP contribution in [0.15, 0.2) is 34.4 Å². The van der Waals surface area contributed by atoms with Crippen LogP contribution < -0.4 is 10.9 Å². The normalized spacial score (nSPS) is 10.8. The van der Waals surface area contributed by atoms with Crippen LogP contribution in [0.2, 0.25) is 0 Å². The molecule has 11 nitrogen and oxygen atoms in total. The molecule has 2 heterocycles. The molecule has 3 rings (SSSR count). The van der Waals surface area contributed by atoms with Gasteiger partial charge in [0.15, 0.2) is 0 Å². The van der Waals surface area contributed by atoms with Crippen LogP contribution in [0.25, 0.3) is 10.2 Å². The summed E-state index contributed by atoms with van der Waals surface area (Å²) >= 11 is 1.04. The highest BCUT2D eigenvalue weighted by atomic mass is 32.1. The van der Waals surface area contributed by atoms with Gasteiger partial charge in [0.1, 0.15) is 17.2 Å². The summed E-state index contributed by atoms with van der Waals surface area (Å²) in [5, 5.41) is 23.9. The highest BCUT2D eigenvalue weighted by Gasteiger charge is 2.21. The number of nitro groups is 1. The van der Waals surface area contributed by atoms with E-state index in [-0.39, 0.29) is 40.3 Å². The Morgan fingerprint density at radius 2 is 2.03 bits per heavy atom. The van der Waals surface area contributed by atoms with E-state index in [2.05, 4.69) is 10.3 Å². The Labute approximate surface area is 172 Å². The highest BCUT2D eigenvalue weighted by Crippen LogP contribution is 2.22. The third kappa shape index (κ3) is 4.34. The van der Waals surface area contributed by atoms with Crippen LogP contribution >= 0.6 is 11.3 Å². The number of carbonyl (C=O) groups is 2. The maximum Gasteiger partial charge on any atom is 0.337 e. The molecule has 0 radical (unpaired) electrons. The first-order valence-electron chi connectivity index (χ1n) is 8.59. The molecule has 156 valence electrons. The molecule has 0 spiro atoms. The number of amides is 1. The molecular weight excluding hydrogens is 416 g/mol. The first-order valence-corrected chi connectivity index (χ1v) is 9.47. The Balaban J connectivity index is 1.94. The fraction of sp³-hybridized carbons (Fsp3) is 0.222. The fourth-order valence-corrected chi connectivity index (χ4v) is 3.70. The Kier molecular flexibility index (Phi) is 6.18. The molecule has 2 N–H and O–H groups in total. The van der Waals surface area contributed by atoms with Gasteiger partial charge in [0, 0.05) is 36.7 Å². The smallest absolute Gasteiger partial charge is 0.337 e. The Morgan fingerprint density at radius 3 is 2.63 bits per heavy atom. The molecule has 0 aliphatic carbocycles. The molecule has 0 saturated heterocycles. The minimum absolute atomic E-state index is 0.0585. The lowest BCUT2D eigenvalue weighted by Gasteiger charge is -2.12. The van der Waals surface area contributed by atoms with Crippen molar-refractivity contribution in [1.82, 2.24) is 9.55 Å². The van der Waals surface area contributed by atoms with Crippen molar-refractivity contribution in [2.45, 2.75) is 13.0 Å².